The number of benzene rings is 3. The molecule has 0 spiro atoms. The maximum absolute atomic E-state index is 13.0. The van der Waals surface area contributed by atoms with Gasteiger partial charge in [0, 0.05) is 29.8 Å². The summed E-state index contributed by atoms with van der Waals surface area (Å²) in [4.78, 5) is 24.2. The molecule has 0 aliphatic carbocycles. The van der Waals surface area contributed by atoms with Crippen molar-refractivity contribution >= 4 is 29.0 Å². The van der Waals surface area contributed by atoms with Gasteiger partial charge in [0.2, 0.25) is 5.16 Å². The highest BCUT2D eigenvalue weighted by Crippen LogP contribution is 2.31. The van der Waals surface area contributed by atoms with E-state index in [1.807, 2.05) is 42.5 Å². The van der Waals surface area contributed by atoms with Crippen LogP contribution in [0.15, 0.2) is 82.8 Å². The van der Waals surface area contributed by atoms with Crippen LogP contribution in [0.3, 0.4) is 0 Å². The van der Waals surface area contributed by atoms with Gasteiger partial charge in [0.05, 0.1) is 10.5 Å². The molecule has 1 N–H and O–H groups in total. The summed E-state index contributed by atoms with van der Waals surface area (Å²) in [6.45, 7) is 0. The van der Waals surface area contributed by atoms with Crippen LogP contribution in [-0.4, -0.2) is 31.0 Å². The fourth-order valence-electron chi connectivity index (χ4n) is 3.04. The molecule has 0 aliphatic rings. The van der Waals surface area contributed by atoms with E-state index in [0.29, 0.717) is 15.7 Å². The number of anilines is 1. The van der Waals surface area contributed by atoms with Gasteiger partial charge in [-0.2, -0.15) is 0 Å². The van der Waals surface area contributed by atoms with Crippen molar-refractivity contribution in [1.29, 1.82) is 0 Å². The van der Waals surface area contributed by atoms with E-state index in [1.54, 1.807) is 7.05 Å². The first-order chi connectivity index (χ1) is 15.5. The van der Waals surface area contributed by atoms with Crippen LogP contribution in [0, 0.1) is 10.1 Å². The van der Waals surface area contributed by atoms with Gasteiger partial charge >= 0.3 is 0 Å². The minimum absolute atomic E-state index is 0.167. The molecule has 4 aromatic rings. The quantitative estimate of drug-likeness (QED) is 0.335. The van der Waals surface area contributed by atoms with Crippen LogP contribution in [0.25, 0.3) is 0 Å². The van der Waals surface area contributed by atoms with Crippen molar-refractivity contribution in [3.63, 3.8) is 0 Å². The number of nitrogens with one attached hydrogen (secondary N) is 1. The lowest BCUT2D eigenvalue weighted by molar-refractivity contribution is -0.384. The summed E-state index contributed by atoms with van der Waals surface area (Å²) in [5.41, 5.74) is 2.89. The maximum atomic E-state index is 13.0. The number of aromatic nitrogens is 4. The van der Waals surface area contributed by atoms with Crippen LogP contribution in [-0.2, 0) is 13.5 Å². The SMILES string of the molecule is Cn1nnnc1Sc1ccc([N+](=O)[O-])cc1C(=O)Nc1ccc(Cc2ccccc2)cc1. The molecule has 0 bridgehead atoms. The van der Waals surface area contributed by atoms with Crippen LogP contribution in [0.4, 0.5) is 11.4 Å². The van der Waals surface area contributed by atoms with Crippen LogP contribution < -0.4 is 5.32 Å². The summed E-state index contributed by atoms with van der Waals surface area (Å²) in [6, 6.07) is 21.7. The van der Waals surface area contributed by atoms with Gasteiger partial charge in [0.1, 0.15) is 0 Å². The zero-order valence-electron chi connectivity index (χ0n) is 17.0. The number of aryl methyl sites for hydroxylation is 1. The molecule has 0 atom stereocenters. The average molecular weight is 446 g/mol. The maximum Gasteiger partial charge on any atom is 0.270 e. The second kappa shape index (κ2) is 9.40. The lowest BCUT2D eigenvalue weighted by Crippen LogP contribution is -2.13. The molecule has 1 amide bonds. The van der Waals surface area contributed by atoms with Crippen LogP contribution in [0.5, 0.6) is 0 Å². The number of hydrogen-bond acceptors (Lipinski definition) is 7. The molecule has 4 rings (SSSR count). The molecule has 1 aromatic heterocycles. The lowest BCUT2D eigenvalue weighted by atomic mass is 10.0. The summed E-state index contributed by atoms with van der Waals surface area (Å²) in [6.07, 6.45) is 0.784. The fraction of sp³-hybridized carbons (Fsp3) is 0.0909. The monoisotopic (exact) mass is 446 g/mol. The van der Waals surface area contributed by atoms with E-state index in [2.05, 4.69) is 33.0 Å². The third-order valence-corrected chi connectivity index (χ3v) is 5.77. The molecule has 32 heavy (non-hydrogen) atoms. The molecule has 0 fully saturated rings. The van der Waals surface area contributed by atoms with E-state index in [0.717, 1.165) is 23.7 Å². The molecule has 9 nitrogen and oxygen atoms in total. The number of nitro benzene ring substituents is 1. The topological polar surface area (TPSA) is 116 Å². The molecule has 0 saturated heterocycles. The van der Waals surface area contributed by atoms with Crippen LogP contribution >= 0.6 is 11.8 Å². The van der Waals surface area contributed by atoms with Gasteiger partial charge in [-0.05, 0) is 57.9 Å². The predicted molar refractivity (Wildman–Crippen MR) is 120 cm³/mol. The normalized spacial score (nSPS) is 10.7. The van der Waals surface area contributed by atoms with Gasteiger partial charge in [-0.25, -0.2) is 4.68 Å². The molecule has 0 aliphatic heterocycles. The third kappa shape index (κ3) is 4.98. The van der Waals surface area contributed by atoms with Crippen molar-refractivity contribution in [2.24, 2.45) is 7.05 Å². The molecule has 0 radical (unpaired) electrons. The Bertz CT molecular complexity index is 1260. The number of carbonyl (C=O) groups excluding carboxylic acids is 1. The smallest absolute Gasteiger partial charge is 0.270 e. The number of tetrazole rings is 1. The number of non-ortho nitro benzene ring substituents is 1. The largest absolute Gasteiger partial charge is 0.322 e. The number of nitro groups is 1. The molecule has 0 saturated carbocycles. The van der Waals surface area contributed by atoms with E-state index in [1.165, 1.54) is 28.4 Å². The summed E-state index contributed by atoms with van der Waals surface area (Å²) < 4.78 is 1.46. The number of hydrogen-bond donors (Lipinski definition) is 1. The summed E-state index contributed by atoms with van der Waals surface area (Å²) in [5, 5.41) is 25.7. The molecule has 10 heteroatoms. The number of amides is 1. The molecule has 3 aromatic carbocycles. The zero-order chi connectivity index (χ0) is 22.5. The second-order valence-electron chi connectivity index (χ2n) is 6.94. The van der Waals surface area contributed by atoms with Gasteiger partial charge in [0.15, 0.2) is 0 Å². The van der Waals surface area contributed by atoms with Crippen molar-refractivity contribution in [2.45, 2.75) is 16.5 Å². The van der Waals surface area contributed by atoms with Gasteiger partial charge in [-0.1, -0.05) is 42.5 Å². The van der Waals surface area contributed by atoms with Gasteiger partial charge < -0.3 is 5.32 Å². The highest BCUT2D eigenvalue weighted by molar-refractivity contribution is 7.99. The molecular weight excluding hydrogens is 428 g/mol. The minimum atomic E-state index is -0.534. The van der Waals surface area contributed by atoms with Crippen molar-refractivity contribution in [3.8, 4) is 0 Å². The predicted octanol–water partition coefficient (Wildman–Crippen LogP) is 4.11. The first-order valence-electron chi connectivity index (χ1n) is 9.62. The Morgan fingerprint density at radius 2 is 1.78 bits per heavy atom. The minimum Gasteiger partial charge on any atom is -0.322 e. The van der Waals surface area contributed by atoms with Gasteiger partial charge in [-0.15, -0.1) is 5.10 Å². The summed E-state index contributed by atoms with van der Waals surface area (Å²) in [5.74, 6) is -0.456. The van der Waals surface area contributed by atoms with E-state index in [-0.39, 0.29) is 11.3 Å². The van der Waals surface area contributed by atoms with Crippen molar-refractivity contribution in [2.75, 3.05) is 5.32 Å². The second-order valence-corrected chi connectivity index (χ2v) is 7.95. The highest BCUT2D eigenvalue weighted by atomic mass is 32.2. The number of carbonyl (C=O) groups is 1. The van der Waals surface area contributed by atoms with Crippen molar-refractivity contribution in [3.05, 3.63) is 99.6 Å². The first kappa shape index (κ1) is 21.2. The Labute approximate surface area is 187 Å². The Morgan fingerprint density at radius 3 is 2.44 bits per heavy atom. The molecule has 1 heterocycles. The summed E-state index contributed by atoms with van der Waals surface area (Å²) >= 11 is 1.15. The van der Waals surface area contributed by atoms with Crippen molar-refractivity contribution in [1.82, 2.24) is 20.2 Å². The number of rotatable bonds is 7. The van der Waals surface area contributed by atoms with E-state index in [4.69, 9.17) is 0 Å². The average Bonchev–Trinajstić information content (AvgIpc) is 3.20. The molecular formula is C22H18N6O3S. The Hall–Kier alpha value is -4.05. The Balaban J connectivity index is 1.54. The number of nitrogens with zero attached hydrogens (tertiary/aromatic N) is 5. The highest BCUT2D eigenvalue weighted by Gasteiger charge is 2.19. The Kier molecular flexibility index (Phi) is 6.22. The molecule has 0 unspecified atom stereocenters. The van der Waals surface area contributed by atoms with Crippen LogP contribution in [0.1, 0.15) is 21.5 Å². The Morgan fingerprint density at radius 1 is 1.06 bits per heavy atom. The first-order valence-corrected chi connectivity index (χ1v) is 10.4. The van der Waals surface area contributed by atoms with E-state index < -0.39 is 10.8 Å². The van der Waals surface area contributed by atoms with Gasteiger partial charge in [0.25, 0.3) is 11.6 Å². The molecule has 160 valence electrons. The fourth-order valence-corrected chi connectivity index (χ4v) is 3.88. The van der Waals surface area contributed by atoms with E-state index >= 15 is 0 Å². The summed E-state index contributed by atoms with van der Waals surface area (Å²) in [7, 11) is 1.67. The van der Waals surface area contributed by atoms with Gasteiger partial charge in [-0.3, -0.25) is 14.9 Å². The zero-order valence-corrected chi connectivity index (χ0v) is 17.8. The van der Waals surface area contributed by atoms with Crippen LogP contribution in [0.2, 0.25) is 0 Å². The lowest BCUT2D eigenvalue weighted by Gasteiger charge is -2.10. The van der Waals surface area contributed by atoms with Crippen molar-refractivity contribution < 1.29 is 9.72 Å². The standard InChI is InChI=1S/C22H18N6O3S/c1-27-22(24-25-26-27)32-20-12-11-18(28(30)31)14-19(20)21(29)23-17-9-7-16(8-10-17)13-15-5-3-2-4-6-15/h2-12,14H,13H2,1H3,(H,23,29). The van der Waals surface area contributed by atoms with E-state index in [9.17, 15) is 14.9 Å². The third-order valence-electron chi connectivity index (χ3n) is 4.66.